The first-order chi connectivity index (χ1) is 12.7. The van der Waals surface area contributed by atoms with Gasteiger partial charge in [0.05, 0.1) is 5.56 Å². The van der Waals surface area contributed by atoms with E-state index >= 15 is 0 Å². The van der Waals surface area contributed by atoms with Crippen LogP contribution in [0.25, 0.3) is 11.4 Å². The number of hydrogen-bond donors (Lipinski definition) is 0. The molecule has 0 N–H and O–H groups in total. The Morgan fingerprint density at radius 1 is 0.926 bits per heavy atom. The minimum Gasteiger partial charge on any atom is -0.436 e. The molecular formula is C18H10F6N2O. The quantitative estimate of drug-likeness (QED) is 0.430. The number of nitrogens with zero attached hydrogens (tertiary/aromatic N) is 2. The molecule has 140 valence electrons. The fourth-order valence-electron chi connectivity index (χ4n) is 2.24. The van der Waals surface area contributed by atoms with Crippen molar-refractivity contribution in [3.05, 3.63) is 71.2 Å². The van der Waals surface area contributed by atoms with E-state index in [1.165, 1.54) is 24.4 Å². The summed E-state index contributed by atoms with van der Waals surface area (Å²) in [6.07, 6.45) is -3.24. The summed E-state index contributed by atoms with van der Waals surface area (Å²) in [6, 6.07) is 5.85. The molecule has 0 saturated carbocycles. The van der Waals surface area contributed by atoms with E-state index in [0.29, 0.717) is 6.07 Å². The van der Waals surface area contributed by atoms with Gasteiger partial charge in [0, 0.05) is 29.5 Å². The lowest BCUT2D eigenvalue weighted by Crippen LogP contribution is -2.04. The van der Waals surface area contributed by atoms with Crippen molar-refractivity contribution in [2.75, 3.05) is 0 Å². The van der Waals surface area contributed by atoms with E-state index in [1.54, 1.807) is 0 Å². The second-order valence-electron chi connectivity index (χ2n) is 5.51. The Labute approximate surface area is 149 Å². The van der Waals surface area contributed by atoms with Crippen molar-refractivity contribution in [2.45, 2.75) is 13.1 Å². The first-order valence-electron chi connectivity index (χ1n) is 7.49. The SMILES string of the molecule is Cc1c(F)c(F)cc(Oc2ccnc(-c3ccc(C(F)(F)F)cc3)n2)c1F. The van der Waals surface area contributed by atoms with Crippen LogP contribution in [0.2, 0.25) is 0 Å². The van der Waals surface area contributed by atoms with Crippen molar-refractivity contribution in [2.24, 2.45) is 0 Å². The molecule has 0 saturated heterocycles. The maximum absolute atomic E-state index is 14.0. The minimum absolute atomic E-state index is 0.0148. The molecule has 1 heterocycles. The zero-order valence-electron chi connectivity index (χ0n) is 13.6. The van der Waals surface area contributed by atoms with Crippen molar-refractivity contribution in [3.63, 3.8) is 0 Å². The molecule has 0 amide bonds. The maximum atomic E-state index is 14.0. The molecule has 3 aromatic rings. The van der Waals surface area contributed by atoms with Crippen molar-refractivity contribution in [1.29, 1.82) is 0 Å². The van der Waals surface area contributed by atoms with Gasteiger partial charge in [-0.05, 0) is 19.1 Å². The largest absolute Gasteiger partial charge is 0.436 e. The molecule has 3 rings (SSSR count). The molecule has 0 bridgehead atoms. The number of halogens is 6. The molecule has 0 aliphatic heterocycles. The van der Waals surface area contributed by atoms with Crippen LogP contribution in [0.3, 0.4) is 0 Å². The van der Waals surface area contributed by atoms with Gasteiger partial charge in [-0.1, -0.05) is 12.1 Å². The Balaban J connectivity index is 1.91. The summed E-state index contributed by atoms with van der Waals surface area (Å²) in [5, 5.41) is 0. The van der Waals surface area contributed by atoms with Gasteiger partial charge >= 0.3 is 6.18 Å². The first-order valence-corrected chi connectivity index (χ1v) is 7.49. The van der Waals surface area contributed by atoms with Crippen molar-refractivity contribution in [3.8, 4) is 23.0 Å². The smallest absolute Gasteiger partial charge is 0.416 e. The molecular weight excluding hydrogens is 374 g/mol. The summed E-state index contributed by atoms with van der Waals surface area (Å²) >= 11 is 0. The Kier molecular flexibility index (Phi) is 4.77. The fourth-order valence-corrected chi connectivity index (χ4v) is 2.24. The van der Waals surface area contributed by atoms with Crippen molar-refractivity contribution in [1.82, 2.24) is 9.97 Å². The van der Waals surface area contributed by atoms with E-state index in [4.69, 9.17) is 4.74 Å². The molecule has 3 nitrogen and oxygen atoms in total. The highest BCUT2D eigenvalue weighted by Crippen LogP contribution is 2.31. The Morgan fingerprint density at radius 2 is 1.59 bits per heavy atom. The van der Waals surface area contributed by atoms with E-state index in [-0.39, 0.29) is 17.3 Å². The predicted molar refractivity (Wildman–Crippen MR) is 83.6 cm³/mol. The third-order valence-corrected chi connectivity index (χ3v) is 3.66. The fraction of sp³-hybridized carbons (Fsp3) is 0.111. The second kappa shape index (κ2) is 6.90. The molecule has 0 aliphatic rings. The lowest BCUT2D eigenvalue weighted by molar-refractivity contribution is -0.137. The topological polar surface area (TPSA) is 35.0 Å². The maximum Gasteiger partial charge on any atom is 0.416 e. The number of ether oxygens (including phenoxy) is 1. The summed E-state index contributed by atoms with van der Waals surface area (Å²) in [6.45, 7) is 1.05. The van der Waals surface area contributed by atoms with Crippen LogP contribution >= 0.6 is 0 Å². The standard InChI is InChI=1S/C18H10F6N2O/c1-9-15(20)12(19)8-13(16(9)21)27-14-6-7-25-17(26-14)10-2-4-11(5-3-10)18(22,23)24/h2-8H,1H3. The van der Waals surface area contributed by atoms with Crippen LogP contribution in [-0.2, 0) is 6.18 Å². The van der Waals surface area contributed by atoms with Gasteiger partial charge in [-0.25, -0.2) is 18.2 Å². The Bertz CT molecular complexity index is 986. The van der Waals surface area contributed by atoms with Gasteiger partial charge in [-0.3, -0.25) is 0 Å². The van der Waals surface area contributed by atoms with Crippen LogP contribution in [0, 0.1) is 24.4 Å². The molecule has 1 aromatic heterocycles. The normalized spacial score (nSPS) is 11.5. The third-order valence-electron chi connectivity index (χ3n) is 3.66. The zero-order valence-corrected chi connectivity index (χ0v) is 13.6. The predicted octanol–water partition coefficient (Wildman–Crippen LogP) is 5.68. The number of aromatic nitrogens is 2. The number of benzene rings is 2. The summed E-state index contributed by atoms with van der Waals surface area (Å²) in [5.74, 6) is -4.47. The van der Waals surface area contributed by atoms with Crippen LogP contribution in [0.1, 0.15) is 11.1 Å². The minimum atomic E-state index is -4.48. The lowest BCUT2D eigenvalue weighted by atomic mass is 10.1. The monoisotopic (exact) mass is 384 g/mol. The molecule has 0 unspecified atom stereocenters. The number of hydrogen-bond acceptors (Lipinski definition) is 3. The van der Waals surface area contributed by atoms with Gasteiger partial charge in [-0.15, -0.1) is 0 Å². The zero-order chi connectivity index (χ0) is 19.8. The van der Waals surface area contributed by atoms with Crippen molar-refractivity contribution >= 4 is 0 Å². The van der Waals surface area contributed by atoms with Gasteiger partial charge in [-0.2, -0.15) is 18.2 Å². The summed E-state index contributed by atoms with van der Waals surface area (Å²) < 4.78 is 83.8. The van der Waals surface area contributed by atoms with Gasteiger partial charge in [0.15, 0.2) is 29.0 Å². The van der Waals surface area contributed by atoms with Crippen LogP contribution in [-0.4, -0.2) is 9.97 Å². The van der Waals surface area contributed by atoms with E-state index in [2.05, 4.69) is 9.97 Å². The highest BCUT2D eigenvalue weighted by atomic mass is 19.4. The van der Waals surface area contributed by atoms with Gasteiger partial charge < -0.3 is 4.74 Å². The lowest BCUT2D eigenvalue weighted by Gasteiger charge is -2.10. The molecule has 0 spiro atoms. The molecule has 0 radical (unpaired) electrons. The van der Waals surface area contributed by atoms with Crippen LogP contribution in [0.4, 0.5) is 26.3 Å². The Morgan fingerprint density at radius 3 is 2.22 bits per heavy atom. The molecule has 2 aromatic carbocycles. The molecule has 0 aliphatic carbocycles. The average molecular weight is 384 g/mol. The Hall–Kier alpha value is -3.10. The van der Waals surface area contributed by atoms with Crippen LogP contribution in [0.5, 0.6) is 11.6 Å². The van der Waals surface area contributed by atoms with Crippen molar-refractivity contribution < 1.29 is 31.1 Å². The van der Waals surface area contributed by atoms with Gasteiger partial charge in [0.25, 0.3) is 0 Å². The number of alkyl halides is 3. The van der Waals surface area contributed by atoms with E-state index < -0.39 is 40.5 Å². The van der Waals surface area contributed by atoms with E-state index in [9.17, 15) is 26.3 Å². The van der Waals surface area contributed by atoms with Gasteiger partial charge in [0.1, 0.15) is 0 Å². The van der Waals surface area contributed by atoms with Crippen LogP contribution < -0.4 is 4.74 Å². The summed E-state index contributed by atoms with van der Waals surface area (Å²) in [7, 11) is 0. The van der Waals surface area contributed by atoms with Gasteiger partial charge in [0.2, 0.25) is 5.88 Å². The van der Waals surface area contributed by atoms with E-state index in [0.717, 1.165) is 19.1 Å². The average Bonchev–Trinajstić information content (AvgIpc) is 2.64. The summed E-state index contributed by atoms with van der Waals surface area (Å²) in [5.41, 5.74) is -1.13. The number of rotatable bonds is 3. The first kappa shape index (κ1) is 18.7. The highest BCUT2D eigenvalue weighted by molar-refractivity contribution is 5.56. The highest BCUT2D eigenvalue weighted by Gasteiger charge is 2.30. The summed E-state index contributed by atoms with van der Waals surface area (Å²) in [4.78, 5) is 7.87. The molecule has 0 atom stereocenters. The molecule has 27 heavy (non-hydrogen) atoms. The molecule has 0 fully saturated rings. The van der Waals surface area contributed by atoms with E-state index in [1.807, 2.05) is 0 Å². The molecule has 9 heteroatoms. The van der Waals surface area contributed by atoms with Crippen LogP contribution in [0.15, 0.2) is 42.6 Å². The second-order valence-corrected chi connectivity index (χ2v) is 5.51. The third kappa shape index (κ3) is 3.86.